The highest BCUT2D eigenvalue weighted by Crippen LogP contribution is 2.18. The molecule has 0 aliphatic rings. The van der Waals surface area contributed by atoms with E-state index in [0.717, 1.165) is 5.69 Å². The Morgan fingerprint density at radius 2 is 1.95 bits per heavy atom. The molecule has 0 bridgehead atoms. The lowest BCUT2D eigenvalue weighted by molar-refractivity contribution is 0.0527. The van der Waals surface area contributed by atoms with Crippen molar-refractivity contribution in [2.75, 3.05) is 11.9 Å². The van der Waals surface area contributed by atoms with Crippen LogP contribution < -0.4 is 5.32 Å². The van der Waals surface area contributed by atoms with Gasteiger partial charge in [-0.2, -0.15) is 0 Å². The van der Waals surface area contributed by atoms with E-state index >= 15 is 0 Å². The second kappa shape index (κ2) is 6.06. The molecule has 20 heavy (non-hydrogen) atoms. The molecular weight excluding hydrogens is 256 g/mol. The minimum Gasteiger partial charge on any atom is -0.462 e. The van der Waals surface area contributed by atoms with Crippen LogP contribution >= 0.6 is 0 Å². The number of amides is 1. The fourth-order valence-electron chi connectivity index (χ4n) is 1.87. The molecule has 1 heterocycles. The maximum Gasteiger partial charge on any atom is 0.340 e. The van der Waals surface area contributed by atoms with Gasteiger partial charge in [0.2, 0.25) is 0 Å². The second-order valence-corrected chi connectivity index (χ2v) is 4.24. The molecule has 0 atom stereocenters. The fourth-order valence-corrected chi connectivity index (χ4v) is 1.87. The van der Waals surface area contributed by atoms with Gasteiger partial charge >= 0.3 is 5.97 Å². The number of H-pyrrole nitrogens is 1. The number of rotatable bonds is 4. The zero-order valence-electron chi connectivity index (χ0n) is 11.4. The number of aryl methyl sites for hydroxylation is 1. The largest absolute Gasteiger partial charge is 0.462 e. The average molecular weight is 272 g/mol. The van der Waals surface area contributed by atoms with E-state index in [1.807, 2.05) is 6.92 Å². The highest BCUT2D eigenvalue weighted by atomic mass is 16.5. The van der Waals surface area contributed by atoms with E-state index in [9.17, 15) is 9.59 Å². The third-order valence-electron chi connectivity index (χ3n) is 2.87. The molecule has 0 fully saturated rings. The quantitative estimate of drug-likeness (QED) is 0.841. The Balaban J connectivity index is 2.24. The van der Waals surface area contributed by atoms with Gasteiger partial charge in [0, 0.05) is 11.9 Å². The van der Waals surface area contributed by atoms with Crippen LogP contribution in [0.1, 0.15) is 33.3 Å². The molecule has 1 amide bonds. The number of benzene rings is 1. The van der Waals surface area contributed by atoms with Gasteiger partial charge in [0.15, 0.2) is 0 Å². The van der Waals surface area contributed by atoms with E-state index in [0.29, 0.717) is 16.8 Å². The molecular formula is C15H16N2O3. The number of carbonyl (C=O) groups is 2. The average Bonchev–Trinajstić information content (AvgIpc) is 2.86. The normalized spacial score (nSPS) is 10.1. The maximum absolute atomic E-state index is 12.1. The number of ether oxygens (including phenoxy) is 1. The lowest BCUT2D eigenvalue weighted by Crippen LogP contribution is -2.16. The van der Waals surface area contributed by atoms with Gasteiger partial charge in [0.05, 0.1) is 23.4 Å². The smallest absolute Gasteiger partial charge is 0.340 e. The van der Waals surface area contributed by atoms with Crippen LogP contribution in [0.2, 0.25) is 0 Å². The first kappa shape index (κ1) is 13.9. The monoisotopic (exact) mass is 272 g/mol. The van der Waals surface area contributed by atoms with Crippen molar-refractivity contribution >= 4 is 17.6 Å². The summed E-state index contributed by atoms with van der Waals surface area (Å²) < 4.78 is 4.97. The van der Waals surface area contributed by atoms with Crippen molar-refractivity contribution in [3.05, 3.63) is 53.3 Å². The van der Waals surface area contributed by atoms with Crippen LogP contribution in [0.3, 0.4) is 0 Å². The highest BCUT2D eigenvalue weighted by molar-refractivity contribution is 6.08. The summed E-state index contributed by atoms with van der Waals surface area (Å²) in [6.45, 7) is 3.84. The molecule has 0 saturated carbocycles. The lowest BCUT2D eigenvalue weighted by Gasteiger charge is -2.10. The number of aromatic amines is 1. The zero-order chi connectivity index (χ0) is 14.5. The minimum atomic E-state index is -0.450. The highest BCUT2D eigenvalue weighted by Gasteiger charge is 2.16. The second-order valence-electron chi connectivity index (χ2n) is 4.24. The number of carbonyl (C=O) groups excluding carboxylic acids is 2. The van der Waals surface area contributed by atoms with Gasteiger partial charge in [-0.1, -0.05) is 12.1 Å². The van der Waals surface area contributed by atoms with Gasteiger partial charge in [0.25, 0.3) is 5.91 Å². The molecule has 2 N–H and O–H groups in total. The van der Waals surface area contributed by atoms with Crippen LogP contribution in [0.4, 0.5) is 5.69 Å². The molecule has 0 aliphatic carbocycles. The van der Waals surface area contributed by atoms with Gasteiger partial charge in [-0.25, -0.2) is 4.79 Å². The lowest BCUT2D eigenvalue weighted by atomic mass is 10.1. The molecule has 0 unspecified atom stereocenters. The van der Waals surface area contributed by atoms with Crippen molar-refractivity contribution in [2.45, 2.75) is 13.8 Å². The van der Waals surface area contributed by atoms with E-state index in [1.54, 1.807) is 43.5 Å². The first-order valence-electron chi connectivity index (χ1n) is 6.35. The van der Waals surface area contributed by atoms with Crippen LogP contribution in [0.5, 0.6) is 0 Å². The van der Waals surface area contributed by atoms with Crippen molar-refractivity contribution < 1.29 is 14.3 Å². The Hall–Kier alpha value is -2.56. The van der Waals surface area contributed by atoms with Crippen LogP contribution in [0.25, 0.3) is 0 Å². The summed E-state index contributed by atoms with van der Waals surface area (Å²) in [6.07, 6.45) is 1.70. The van der Waals surface area contributed by atoms with E-state index in [2.05, 4.69) is 10.3 Å². The number of para-hydroxylation sites is 1. The SMILES string of the molecule is CCOC(=O)c1ccccc1NC(=O)c1cc[nH]c1C. The molecule has 1 aromatic heterocycles. The summed E-state index contributed by atoms with van der Waals surface area (Å²) in [6, 6.07) is 8.47. The number of aromatic nitrogens is 1. The van der Waals surface area contributed by atoms with Crippen molar-refractivity contribution in [2.24, 2.45) is 0 Å². The van der Waals surface area contributed by atoms with E-state index in [1.165, 1.54) is 0 Å². The van der Waals surface area contributed by atoms with E-state index in [4.69, 9.17) is 4.74 Å². The number of hydrogen-bond donors (Lipinski definition) is 2. The Labute approximate surface area is 117 Å². The molecule has 1 aromatic carbocycles. The summed E-state index contributed by atoms with van der Waals surface area (Å²) in [5.74, 6) is -0.713. The van der Waals surface area contributed by atoms with E-state index < -0.39 is 5.97 Å². The van der Waals surface area contributed by atoms with Crippen molar-refractivity contribution in [3.63, 3.8) is 0 Å². The minimum absolute atomic E-state index is 0.263. The summed E-state index contributed by atoms with van der Waals surface area (Å²) >= 11 is 0. The fraction of sp³-hybridized carbons (Fsp3) is 0.200. The number of anilines is 1. The Bertz CT molecular complexity index is 632. The molecule has 0 saturated heterocycles. The number of hydrogen-bond acceptors (Lipinski definition) is 3. The summed E-state index contributed by atoms with van der Waals surface area (Å²) in [4.78, 5) is 26.9. The van der Waals surface area contributed by atoms with Crippen LogP contribution in [-0.4, -0.2) is 23.5 Å². The molecule has 5 heteroatoms. The maximum atomic E-state index is 12.1. The van der Waals surface area contributed by atoms with Crippen molar-refractivity contribution in [1.29, 1.82) is 0 Å². The van der Waals surface area contributed by atoms with Gasteiger partial charge in [0.1, 0.15) is 0 Å². The third kappa shape index (κ3) is 2.88. The third-order valence-corrected chi connectivity index (χ3v) is 2.87. The summed E-state index contributed by atoms with van der Waals surface area (Å²) in [5.41, 5.74) is 2.10. The summed E-state index contributed by atoms with van der Waals surface area (Å²) in [7, 11) is 0. The predicted octanol–water partition coefficient (Wildman–Crippen LogP) is 2.75. The standard InChI is InChI=1S/C15H16N2O3/c1-3-20-15(19)12-6-4-5-7-13(12)17-14(18)11-8-9-16-10(11)2/h4-9,16H,3H2,1-2H3,(H,17,18). The van der Waals surface area contributed by atoms with Crippen LogP contribution in [0.15, 0.2) is 36.5 Å². The van der Waals surface area contributed by atoms with Crippen molar-refractivity contribution in [1.82, 2.24) is 4.98 Å². The zero-order valence-corrected chi connectivity index (χ0v) is 11.4. The Morgan fingerprint density at radius 1 is 1.20 bits per heavy atom. The first-order valence-corrected chi connectivity index (χ1v) is 6.35. The number of nitrogens with one attached hydrogen (secondary N) is 2. The molecule has 0 spiro atoms. The molecule has 0 aliphatic heterocycles. The molecule has 0 radical (unpaired) electrons. The van der Waals surface area contributed by atoms with E-state index in [-0.39, 0.29) is 12.5 Å². The summed E-state index contributed by atoms with van der Waals surface area (Å²) in [5, 5.41) is 2.73. The predicted molar refractivity (Wildman–Crippen MR) is 75.9 cm³/mol. The molecule has 2 aromatic rings. The molecule has 5 nitrogen and oxygen atoms in total. The van der Waals surface area contributed by atoms with Crippen LogP contribution in [-0.2, 0) is 4.74 Å². The van der Waals surface area contributed by atoms with Gasteiger partial charge in [-0.3, -0.25) is 4.79 Å². The van der Waals surface area contributed by atoms with Crippen molar-refractivity contribution in [3.8, 4) is 0 Å². The van der Waals surface area contributed by atoms with Gasteiger partial charge in [-0.15, -0.1) is 0 Å². The Morgan fingerprint density at radius 3 is 2.60 bits per heavy atom. The number of esters is 1. The molecule has 2 rings (SSSR count). The first-order chi connectivity index (χ1) is 9.63. The molecule has 104 valence electrons. The van der Waals surface area contributed by atoms with Gasteiger partial charge in [-0.05, 0) is 32.0 Å². The topological polar surface area (TPSA) is 71.2 Å². The van der Waals surface area contributed by atoms with Crippen LogP contribution in [0, 0.1) is 6.92 Å². The van der Waals surface area contributed by atoms with Gasteiger partial charge < -0.3 is 15.0 Å². The Kier molecular flexibility index (Phi) is 4.20.